The van der Waals surface area contributed by atoms with Crippen LogP contribution in [0.3, 0.4) is 0 Å². The SMILES string of the molecule is CCOC(=O)CCCNC(=O)COC(=O)c1ccccc1CSc1nc2ccccc2o1. The van der Waals surface area contributed by atoms with E-state index >= 15 is 0 Å². The van der Waals surface area contributed by atoms with Crippen LogP contribution in [0, 0.1) is 0 Å². The van der Waals surface area contributed by atoms with Crippen LogP contribution in [0.25, 0.3) is 11.1 Å². The number of aromatic nitrogens is 1. The van der Waals surface area contributed by atoms with E-state index in [1.807, 2.05) is 36.4 Å². The van der Waals surface area contributed by atoms with E-state index in [-0.39, 0.29) is 12.4 Å². The van der Waals surface area contributed by atoms with Crippen molar-refractivity contribution in [2.45, 2.75) is 30.7 Å². The highest BCUT2D eigenvalue weighted by atomic mass is 32.2. The third-order valence-electron chi connectivity index (χ3n) is 4.38. The van der Waals surface area contributed by atoms with Gasteiger partial charge < -0.3 is 19.2 Å². The first kappa shape index (κ1) is 23.3. The number of hydrogen-bond donors (Lipinski definition) is 1. The Kier molecular flexibility index (Phi) is 8.68. The fourth-order valence-corrected chi connectivity index (χ4v) is 3.69. The summed E-state index contributed by atoms with van der Waals surface area (Å²) in [4.78, 5) is 40.1. The smallest absolute Gasteiger partial charge is 0.338 e. The molecular formula is C23H24N2O6S. The number of carbonyl (C=O) groups is 3. The molecule has 3 rings (SSSR count). The van der Waals surface area contributed by atoms with Gasteiger partial charge >= 0.3 is 11.9 Å². The zero-order chi connectivity index (χ0) is 22.8. The molecule has 0 spiro atoms. The molecule has 0 radical (unpaired) electrons. The molecule has 9 heteroatoms. The lowest BCUT2D eigenvalue weighted by Gasteiger charge is -2.09. The van der Waals surface area contributed by atoms with Gasteiger partial charge in [-0.05, 0) is 37.1 Å². The molecule has 1 amide bonds. The van der Waals surface area contributed by atoms with Crippen molar-refractivity contribution in [1.29, 1.82) is 0 Å². The number of carbonyl (C=O) groups excluding carboxylic acids is 3. The van der Waals surface area contributed by atoms with Crippen molar-refractivity contribution in [3.05, 3.63) is 59.7 Å². The van der Waals surface area contributed by atoms with Crippen LogP contribution in [0.1, 0.15) is 35.7 Å². The molecule has 0 aliphatic carbocycles. The van der Waals surface area contributed by atoms with Crippen LogP contribution in [0.15, 0.2) is 58.2 Å². The highest BCUT2D eigenvalue weighted by Gasteiger charge is 2.15. The third kappa shape index (κ3) is 6.84. The molecule has 0 aliphatic heterocycles. The minimum atomic E-state index is -0.583. The van der Waals surface area contributed by atoms with Gasteiger partial charge in [-0.25, -0.2) is 9.78 Å². The first-order valence-corrected chi connectivity index (χ1v) is 11.2. The van der Waals surface area contributed by atoms with E-state index < -0.39 is 18.5 Å². The molecule has 0 saturated heterocycles. The van der Waals surface area contributed by atoms with Crippen molar-refractivity contribution in [3.63, 3.8) is 0 Å². The minimum absolute atomic E-state index is 0.221. The maximum atomic E-state index is 12.5. The Labute approximate surface area is 189 Å². The number of rotatable bonds is 11. The molecule has 8 nitrogen and oxygen atoms in total. The Hall–Kier alpha value is -3.33. The van der Waals surface area contributed by atoms with Crippen molar-refractivity contribution < 1.29 is 28.3 Å². The number of esters is 2. The Morgan fingerprint density at radius 3 is 2.66 bits per heavy atom. The number of thioether (sulfide) groups is 1. The molecule has 1 heterocycles. The first-order chi connectivity index (χ1) is 15.6. The second-order valence-electron chi connectivity index (χ2n) is 6.73. The molecule has 1 aromatic heterocycles. The molecule has 0 fully saturated rings. The third-order valence-corrected chi connectivity index (χ3v) is 5.26. The zero-order valence-electron chi connectivity index (χ0n) is 17.7. The van der Waals surface area contributed by atoms with E-state index in [4.69, 9.17) is 13.9 Å². The van der Waals surface area contributed by atoms with Crippen LogP contribution in [0.5, 0.6) is 0 Å². The highest BCUT2D eigenvalue weighted by Crippen LogP contribution is 2.27. The van der Waals surface area contributed by atoms with Crippen molar-refractivity contribution in [3.8, 4) is 0 Å². The van der Waals surface area contributed by atoms with E-state index in [2.05, 4.69) is 10.3 Å². The normalized spacial score (nSPS) is 10.7. The number of benzene rings is 2. The van der Waals surface area contributed by atoms with Gasteiger partial charge in [0.15, 0.2) is 12.2 Å². The van der Waals surface area contributed by atoms with E-state index in [1.165, 1.54) is 11.8 Å². The van der Waals surface area contributed by atoms with Crippen LogP contribution < -0.4 is 5.32 Å². The number of ether oxygens (including phenoxy) is 2. The van der Waals surface area contributed by atoms with Gasteiger partial charge in [-0.3, -0.25) is 9.59 Å². The Morgan fingerprint density at radius 1 is 1.06 bits per heavy atom. The lowest BCUT2D eigenvalue weighted by atomic mass is 10.1. The van der Waals surface area contributed by atoms with Crippen LogP contribution in [-0.4, -0.2) is 42.6 Å². The summed E-state index contributed by atoms with van der Waals surface area (Å²) in [5.41, 5.74) is 2.61. The molecular weight excluding hydrogens is 432 g/mol. The average molecular weight is 457 g/mol. The summed E-state index contributed by atoms with van der Waals surface area (Å²) in [6, 6.07) is 14.5. The van der Waals surface area contributed by atoms with Gasteiger partial charge in [-0.1, -0.05) is 42.1 Å². The summed E-state index contributed by atoms with van der Waals surface area (Å²) >= 11 is 1.37. The molecule has 32 heavy (non-hydrogen) atoms. The maximum Gasteiger partial charge on any atom is 0.338 e. The second kappa shape index (κ2) is 11.9. The Morgan fingerprint density at radius 2 is 1.84 bits per heavy atom. The number of hydrogen-bond acceptors (Lipinski definition) is 8. The molecule has 168 valence electrons. The molecule has 0 atom stereocenters. The number of oxazole rings is 1. The summed E-state index contributed by atoms with van der Waals surface area (Å²) < 4.78 is 15.7. The molecule has 0 saturated carbocycles. The summed E-state index contributed by atoms with van der Waals surface area (Å²) in [7, 11) is 0. The van der Waals surface area contributed by atoms with Gasteiger partial charge in [0.1, 0.15) is 5.52 Å². The summed E-state index contributed by atoms with van der Waals surface area (Å²) in [5, 5.41) is 3.12. The Balaban J connectivity index is 1.47. The predicted octanol–water partition coefficient (Wildman–Crippen LogP) is 3.74. The molecule has 0 unspecified atom stereocenters. The lowest BCUT2D eigenvalue weighted by Crippen LogP contribution is -2.30. The van der Waals surface area contributed by atoms with E-state index in [1.54, 1.807) is 19.1 Å². The summed E-state index contributed by atoms with van der Waals surface area (Å²) in [6.07, 6.45) is 0.674. The van der Waals surface area contributed by atoms with Crippen molar-refractivity contribution in [2.24, 2.45) is 0 Å². The van der Waals surface area contributed by atoms with Crippen molar-refractivity contribution in [1.82, 2.24) is 10.3 Å². The van der Waals surface area contributed by atoms with Crippen molar-refractivity contribution >= 4 is 40.7 Å². The number of nitrogens with one attached hydrogen (secondary N) is 1. The molecule has 0 bridgehead atoms. The monoisotopic (exact) mass is 456 g/mol. The molecule has 1 N–H and O–H groups in total. The fraction of sp³-hybridized carbons (Fsp3) is 0.304. The van der Waals surface area contributed by atoms with Crippen LogP contribution >= 0.6 is 11.8 Å². The quantitative estimate of drug-likeness (QED) is 0.264. The number of amides is 1. The van der Waals surface area contributed by atoms with Gasteiger partial charge in [0.05, 0.1) is 12.2 Å². The first-order valence-electron chi connectivity index (χ1n) is 10.2. The summed E-state index contributed by atoms with van der Waals surface area (Å²) in [6.45, 7) is 1.97. The van der Waals surface area contributed by atoms with Crippen LogP contribution in [0.2, 0.25) is 0 Å². The second-order valence-corrected chi connectivity index (χ2v) is 7.65. The maximum absolute atomic E-state index is 12.5. The zero-order valence-corrected chi connectivity index (χ0v) is 18.5. The minimum Gasteiger partial charge on any atom is -0.466 e. The summed E-state index contributed by atoms with van der Waals surface area (Å²) in [5.74, 6) is -0.862. The molecule has 0 aliphatic rings. The highest BCUT2D eigenvalue weighted by molar-refractivity contribution is 7.98. The van der Waals surface area contributed by atoms with Gasteiger partial charge in [-0.2, -0.15) is 0 Å². The number of nitrogens with zero attached hydrogens (tertiary/aromatic N) is 1. The Bertz CT molecular complexity index is 1050. The lowest BCUT2D eigenvalue weighted by molar-refractivity contribution is -0.143. The topological polar surface area (TPSA) is 108 Å². The largest absolute Gasteiger partial charge is 0.466 e. The van der Waals surface area contributed by atoms with E-state index in [0.29, 0.717) is 41.7 Å². The van der Waals surface area contributed by atoms with Gasteiger partial charge in [-0.15, -0.1) is 0 Å². The average Bonchev–Trinajstić information content (AvgIpc) is 3.22. The molecule has 2 aromatic carbocycles. The van der Waals surface area contributed by atoms with Crippen LogP contribution in [0.4, 0.5) is 0 Å². The van der Waals surface area contributed by atoms with Gasteiger partial charge in [0.25, 0.3) is 11.1 Å². The van der Waals surface area contributed by atoms with Gasteiger partial charge in [0, 0.05) is 18.7 Å². The van der Waals surface area contributed by atoms with E-state index in [0.717, 1.165) is 11.1 Å². The number of para-hydroxylation sites is 2. The fourth-order valence-electron chi connectivity index (χ4n) is 2.85. The molecule has 3 aromatic rings. The predicted molar refractivity (Wildman–Crippen MR) is 119 cm³/mol. The van der Waals surface area contributed by atoms with E-state index in [9.17, 15) is 14.4 Å². The number of fused-ring (bicyclic) bond motifs is 1. The van der Waals surface area contributed by atoms with Crippen LogP contribution in [-0.2, 0) is 24.8 Å². The standard InChI is InChI=1S/C23H24N2O6S/c1-2-29-21(27)12-7-13-24-20(26)14-30-22(28)17-9-4-3-8-16(17)15-32-23-25-18-10-5-6-11-19(18)31-23/h3-6,8-11H,2,7,12-15H2,1H3,(H,24,26). The van der Waals surface area contributed by atoms with Gasteiger partial charge in [0.2, 0.25) is 0 Å². The van der Waals surface area contributed by atoms with Crippen molar-refractivity contribution in [2.75, 3.05) is 19.8 Å².